The van der Waals surface area contributed by atoms with Gasteiger partial charge in [-0.1, -0.05) is 29.3 Å². The van der Waals surface area contributed by atoms with Crippen molar-refractivity contribution in [2.45, 2.75) is 25.8 Å². The molecule has 2 aliphatic rings. The van der Waals surface area contributed by atoms with E-state index >= 15 is 0 Å². The van der Waals surface area contributed by atoms with Crippen LogP contribution in [0.1, 0.15) is 37.1 Å². The number of halogens is 2. The van der Waals surface area contributed by atoms with Crippen LogP contribution in [-0.2, 0) is 10.8 Å². The third-order valence-corrected chi connectivity index (χ3v) is 8.73. The van der Waals surface area contributed by atoms with E-state index in [-0.39, 0.29) is 11.7 Å². The standard InChI is InChI=1S/C25H29Cl2N7OS/c1-16(20-6-5-19(26)10-21(20)27)34-25-24(22(11-28)31-34)29-12-23(30-25)33-14-18(15-33)17-4-3-7-32(13-17)8-9-36(2)35/h5-6,10,12,16-18H,3-4,7-9,13-15H2,1-2H3. The van der Waals surface area contributed by atoms with Crippen LogP contribution in [0.2, 0.25) is 10.0 Å². The minimum atomic E-state index is -0.744. The summed E-state index contributed by atoms with van der Waals surface area (Å²) in [4.78, 5) is 14.2. The molecule has 1 aromatic carbocycles. The number of aromatic nitrogens is 4. The fraction of sp³-hybridized carbons (Fsp3) is 0.520. The van der Waals surface area contributed by atoms with Crippen molar-refractivity contribution in [1.82, 2.24) is 24.6 Å². The normalized spacial score (nSPS) is 20.8. The molecule has 0 saturated carbocycles. The summed E-state index contributed by atoms with van der Waals surface area (Å²) in [5, 5.41) is 15.2. The first-order chi connectivity index (χ1) is 17.3. The lowest BCUT2D eigenvalue weighted by molar-refractivity contribution is 0.125. The molecule has 0 spiro atoms. The van der Waals surface area contributed by atoms with Gasteiger partial charge in [-0.3, -0.25) is 4.21 Å². The molecule has 2 fully saturated rings. The van der Waals surface area contributed by atoms with Gasteiger partial charge in [-0.15, -0.1) is 0 Å². The fourth-order valence-corrected chi connectivity index (χ4v) is 6.39. The van der Waals surface area contributed by atoms with Crippen molar-refractivity contribution >= 4 is 51.0 Å². The van der Waals surface area contributed by atoms with Gasteiger partial charge >= 0.3 is 0 Å². The van der Waals surface area contributed by atoms with Gasteiger partial charge in [-0.05, 0) is 55.8 Å². The molecule has 8 nitrogen and oxygen atoms in total. The number of nitrogens with zero attached hydrogens (tertiary/aromatic N) is 7. The lowest BCUT2D eigenvalue weighted by Crippen LogP contribution is -2.54. The summed E-state index contributed by atoms with van der Waals surface area (Å²) < 4.78 is 13.2. The van der Waals surface area contributed by atoms with Crippen LogP contribution in [0.3, 0.4) is 0 Å². The smallest absolute Gasteiger partial charge is 0.190 e. The van der Waals surface area contributed by atoms with Crippen molar-refractivity contribution in [2.24, 2.45) is 11.8 Å². The summed E-state index contributed by atoms with van der Waals surface area (Å²) in [5.74, 6) is 2.81. The van der Waals surface area contributed by atoms with E-state index in [0.29, 0.717) is 33.0 Å². The van der Waals surface area contributed by atoms with Crippen LogP contribution < -0.4 is 4.90 Å². The highest BCUT2D eigenvalue weighted by Gasteiger charge is 2.36. The Balaban J connectivity index is 1.33. The van der Waals surface area contributed by atoms with Crippen molar-refractivity contribution < 1.29 is 4.21 Å². The SMILES string of the molecule is CC(c1ccc(Cl)cc1Cl)n1nc(C#N)c2ncc(N3CC(C4CCCN(CCS(C)=O)C4)C3)nc21. The number of piperidine rings is 1. The zero-order chi connectivity index (χ0) is 25.4. The molecule has 0 radical (unpaired) electrons. The molecule has 3 unspecified atom stereocenters. The molecule has 0 aliphatic carbocycles. The topological polar surface area (TPSA) is 90.9 Å². The van der Waals surface area contributed by atoms with Gasteiger partial charge in [0.1, 0.15) is 17.4 Å². The first kappa shape index (κ1) is 25.4. The van der Waals surface area contributed by atoms with Crippen LogP contribution >= 0.6 is 23.2 Å². The maximum Gasteiger partial charge on any atom is 0.190 e. The Morgan fingerprint density at radius 2 is 2.06 bits per heavy atom. The van der Waals surface area contributed by atoms with Gasteiger partial charge in [0.2, 0.25) is 0 Å². The third kappa shape index (κ3) is 5.10. The van der Waals surface area contributed by atoms with Crippen molar-refractivity contribution in [3.63, 3.8) is 0 Å². The van der Waals surface area contributed by atoms with Gasteiger partial charge in [0.25, 0.3) is 0 Å². The number of hydrogen-bond acceptors (Lipinski definition) is 7. The van der Waals surface area contributed by atoms with E-state index in [2.05, 4.69) is 26.0 Å². The molecule has 2 aromatic heterocycles. The van der Waals surface area contributed by atoms with Gasteiger partial charge in [-0.25, -0.2) is 14.6 Å². The number of anilines is 1. The Labute approximate surface area is 223 Å². The first-order valence-electron chi connectivity index (χ1n) is 12.2. The molecule has 4 heterocycles. The van der Waals surface area contributed by atoms with Gasteiger partial charge in [0.05, 0.1) is 12.2 Å². The number of nitriles is 1. The van der Waals surface area contributed by atoms with E-state index in [1.54, 1.807) is 29.3 Å². The van der Waals surface area contributed by atoms with E-state index in [9.17, 15) is 9.47 Å². The maximum atomic E-state index is 11.5. The molecular weight excluding hydrogens is 517 g/mol. The molecule has 3 atom stereocenters. The second-order valence-corrected chi connectivity index (χ2v) is 12.2. The van der Waals surface area contributed by atoms with Gasteiger partial charge in [0.15, 0.2) is 11.3 Å². The van der Waals surface area contributed by atoms with E-state index in [1.807, 2.05) is 13.0 Å². The average Bonchev–Trinajstić information content (AvgIpc) is 3.20. The molecule has 36 heavy (non-hydrogen) atoms. The van der Waals surface area contributed by atoms with Gasteiger partial charge in [-0.2, -0.15) is 10.4 Å². The molecule has 3 aromatic rings. The van der Waals surface area contributed by atoms with E-state index in [4.69, 9.17) is 28.2 Å². The number of benzene rings is 1. The van der Waals surface area contributed by atoms with Crippen LogP contribution in [0.25, 0.3) is 11.2 Å². The predicted molar refractivity (Wildman–Crippen MR) is 144 cm³/mol. The molecule has 190 valence electrons. The van der Waals surface area contributed by atoms with Crippen LogP contribution in [0.5, 0.6) is 0 Å². The minimum absolute atomic E-state index is 0.248. The zero-order valence-electron chi connectivity index (χ0n) is 20.4. The highest BCUT2D eigenvalue weighted by Crippen LogP contribution is 2.35. The second kappa shape index (κ2) is 10.6. The van der Waals surface area contributed by atoms with Crippen molar-refractivity contribution in [3.05, 3.63) is 45.7 Å². The highest BCUT2D eigenvalue weighted by atomic mass is 35.5. The Morgan fingerprint density at radius 3 is 2.78 bits per heavy atom. The molecule has 5 rings (SSSR count). The first-order valence-corrected chi connectivity index (χ1v) is 14.7. The van der Waals surface area contributed by atoms with Crippen LogP contribution in [0.15, 0.2) is 24.4 Å². The summed E-state index contributed by atoms with van der Waals surface area (Å²) in [7, 11) is -0.744. The molecule has 11 heteroatoms. The van der Waals surface area contributed by atoms with Gasteiger partial charge < -0.3 is 9.80 Å². The van der Waals surface area contributed by atoms with Crippen LogP contribution in [0, 0.1) is 23.2 Å². The lowest BCUT2D eigenvalue weighted by atomic mass is 9.80. The Bertz CT molecular complexity index is 1330. The predicted octanol–water partition coefficient (Wildman–Crippen LogP) is 4.14. The Kier molecular flexibility index (Phi) is 7.49. The monoisotopic (exact) mass is 545 g/mol. The average molecular weight is 547 g/mol. The number of likely N-dealkylation sites (tertiary alicyclic amines) is 1. The molecule has 0 bridgehead atoms. The third-order valence-electron chi connectivity index (χ3n) is 7.41. The van der Waals surface area contributed by atoms with E-state index < -0.39 is 10.8 Å². The number of rotatable bonds is 7. The van der Waals surface area contributed by atoms with Crippen LogP contribution in [0.4, 0.5) is 5.82 Å². The Morgan fingerprint density at radius 1 is 1.25 bits per heavy atom. The lowest BCUT2D eigenvalue weighted by Gasteiger charge is -2.47. The summed E-state index contributed by atoms with van der Waals surface area (Å²) in [6.07, 6.45) is 5.96. The van der Waals surface area contributed by atoms with Crippen LogP contribution in [-0.4, -0.2) is 73.6 Å². The zero-order valence-corrected chi connectivity index (χ0v) is 22.7. The second-order valence-electron chi connectivity index (χ2n) is 9.79. The number of hydrogen-bond donors (Lipinski definition) is 0. The van der Waals surface area contributed by atoms with E-state index in [1.165, 1.54) is 12.8 Å². The molecule has 0 N–H and O–H groups in total. The molecule has 0 amide bonds. The van der Waals surface area contributed by atoms with Gasteiger partial charge in [0, 0.05) is 59.0 Å². The molecule has 2 saturated heterocycles. The highest BCUT2D eigenvalue weighted by molar-refractivity contribution is 7.84. The minimum Gasteiger partial charge on any atom is -0.355 e. The quantitative estimate of drug-likeness (QED) is 0.440. The van der Waals surface area contributed by atoms with Crippen molar-refractivity contribution in [1.29, 1.82) is 5.26 Å². The Hall–Kier alpha value is -2.25. The number of fused-ring (bicyclic) bond motifs is 1. The summed E-state index contributed by atoms with van der Waals surface area (Å²) in [5.41, 5.74) is 2.16. The summed E-state index contributed by atoms with van der Waals surface area (Å²) >= 11 is 12.5. The maximum absolute atomic E-state index is 11.5. The summed E-state index contributed by atoms with van der Waals surface area (Å²) in [6, 6.07) is 7.26. The van der Waals surface area contributed by atoms with Crippen molar-refractivity contribution in [3.8, 4) is 6.07 Å². The van der Waals surface area contributed by atoms with Crippen molar-refractivity contribution in [2.75, 3.05) is 49.6 Å². The molecular formula is C25H29Cl2N7OS. The summed E-state index contributed by atoms with van der Waals surface area (Å²) in [6.45, 7) is 6.96. The van der Waals surface area contributed by atoms with E-state index in [0.717, 1.165) is 49.9 Å². The fourth-order valence-electron chi connectivity index (χ4n) is 5.30. The largest absolute Gasteiger partial charge is 0.355 e. The molecule has 2 aliphatic heterocycles.